The summed E-state index contributed by atoms with van der Waals surface area (Å²) in [7, 11) is 0. The highest BCUT2D eigenvalue weighted by molar-refractivity contribution is 5.27. The van der Waals surface area contributed by atoms with Gasteiger partial charge in [0.1, 0.15) is 11.6 Å². The first-order valence-corrected chi connectivity index (χ1v) is 7.42. The van der Waals surface area contributed by atoms with E-state index in [1.807, 2.05) is 6.92 Å². The van der Waals surface area contributed by atoms with E-state index in [2.05, 4.69) is 4.90 Å². The lowest BCUT2D eigenvalue weighted by atomic mass is 9.92. The van der Waals surface area contributed by atoms with Gasteiger partial charge < -0.3 is 5.73 Å². The summed E-state index contributed by atoms with van der Waals surface area (Å²) in [5.74, 6) is 0.0507. The fraction of sp³-hybridized carbons (Fsp3) is 0.625. The molecule has 1 aromatic carbocycles. The summed E-state index contributed by atoms with van der Waals surface area (Å²) >= 11 is 0. The highest BCUT2D eigenvalue weighted by atomic mass is 19.1. The van der Waals surface area contributed by atoms with Crippen LogP contribution in [-0.4, -0.2) is 24.5 Å². The minimum atomic E-state index is -0.328. The molecule has 2 nitrogen and oxygen atoms in total. The predicted octanol–water partition coefficient (Wildman–Crippen LogP) is 3.40. The van der Waals surface area contributed by atoms with E-state index in [-0.39, 0.29) is 17.7 Å². The second-order valence-electron chi connectivity index (χ2n) is 5.86. The second kappa shape index (κ2) is 6.64. The molecule has 0 aromatic heterocycles. The van der Waals surface area contributed by atoms with Crippen molar-refractivity contribution in [2.45, 2.75) is 39.2 Å². The molecular weight excluding hydrogens is 258 g/mol. The van der Waals surface area contributed by atoms with Gasteiger partial charge in [0.2, 0.25) is 0 Å². The maximum Gasteiger partial charge on any atom is 0.128 e. The Morgan fingerprint density at radius 2 is 1.90 bits per heavy atom. The molecule has 0 amide bonds. The second-order valence-corrected chi connectivity index (χ2v) is 5.86. The van der Waals surface area contributed by atoms with E-state index in [0.717, 1.165) is 38.9 Å². The topological polar surface area (TPSA) is 29.3 Å². The normalized spacial score (nSPS) is 19.2. The van der Waals surface area contributed by atoms with Gasteiger partial charge in [0.05, 0.1) is 0 Å². The fourth-order valence-electron chi connectivity index (χ4n) is 3.04. The standard InChI is InChI=1S/C16H24F2N2/c1-11-9-16(18)14(10-15(11)17)12(2)20-7-4-13(3-6-19)5-8-20/h9-10,12-13H,3-8,19H2,1-2H3. The van der Waals surface area contributed by atoms with Gasteiger partial charge >= 0.3 is 0 Å². The van der Waals surface area contributed by atoms with Crippen molar-refractivity contribution in [1.29, 1.82) is 0 Å². The van der Waals surface area contributed by atoms with Gasteiger partial charge in [-0.2, -0.15) is 0 Å². The van der Waals surface area contributed by atoms with Crippen LogP contribution in [0.1, 0.15) is 43.4 Å². The van der Waals surface area contributed by atoms with E-state index in [1.165, 1.54) is 12.1 Å². The van der Waals surface area contributed by atoms with Gasteiger partial charge in [-0.1, -0.05) is 0 Å². The number of aryl methyl sites for hydroxylation is 1. The van der Waals surface area contributed by atoms with Crippen molar-refractivity contribution in [1.82, 2.24) is 4.90 Å². The third-order valence-electron chi connectivity index (χ3n) is 4.50. The highest BCUT2D eigenvalue weighted by Gasteiger charge is 2.25. The Morgan fingerprint density at radius 1 is 1.25 bits per heavy atom. The Morgan fingerprint density at radius 3 is 2.50 bits per heavy atom. The molecular formula is C16H24F2N2. The van der Waals surface area contributed by atoms with Crippen LogP contribution in [0.4, 0.5) is 8.78 Å². The molecule has 20 heavy (non-hydrogen) atoms. The lowest BCUT2D eigenvalue weighted by molar-refractivity contribution is 0.136. The van der Waals surface area contributed by atoms with Gasteiger partial charge in [-0.25, -0.2) is 8.78 Å². The number of piperidine rings is 1. The van der Waals surface area contributed by atoms with Crippen molar-refractivity contribution < 1.29 is 8.78 Å². The predicted molar refractivity (Wildman–Crippen MR) is 77.5 cm³/mol. The molecule has 0 bridgehead atoms. The molecule has 1 aromatic rings. The Balaban J connectivity index is 2.05. The SMILES string of the molecule is Cc1cc(F)c(C(C)N2CCC(CCN)CC2)cc1F. The number of hydrogen-bond donors (Lipinski definition) is 1. The molecule has 112 valence electrons. The zero-order chi connectivity index (χ0) is 14.7. The van der Waals surface area contributed by atoms with Gasteiger partial charge in [-0.3, -0.25) is 4.90 Å². The van der Waals surface area contributed by atoms with E-state index in [0.29, 0.717) is 17.0 Å². The van der Waals surface area contributed by atoms with Gasteiger partial charge in [0.25, 0.3) is 0 Å². The van der Waals surface area contributed by atoms with Gasteiger partial charge in [0, 0.05) is 11.6 Å². The molecule has 0 saturated carbocycles. The first-order valence-electron chi connectivity index (χ1n) is 7.42. The Bertz CT molecular complexity index is 454. The van der Waals surface area contributed by atoms with Gasteiger partial charge in [-0.15, -0.1) is 0 Å². The minimum Gasteiger partial charge on any atom is -0.330 e. The molecule has 0 spiro atoms. The molecule has 0 radical (unpaired) electrons. The number of nitrogens with two attached hydrogens (primary N) is 1. The lowest BCUT2D eigenvalue weighted by Gasteiger charge is -2.36. The van der Waals surface area contributed by atoms with Crippen LogP contribution in [0, 0.1) is 24.5 Å². The smallest absolute Gasteiger partial charge is 0.128 e. The van der Waals surface area contributed by atoms with Crippen LogP contribution in [0.5, 0.6) is 0 Å². The van der Waals surface area contributed by atoms with Crippen molar-refractivity contribution >= 4 is 0 Å². The van der Waals surface area contributed by atoms with Crippen LogP contribution in [0.25, 0.3) is 0 Å². The summed E-state index contributed by atoms with van der Waals surface area (Å²) in [5.41, 5.74) is 6.42. The molecule has 1 unspecified atom stereocenters. The van der Waals surface area contributed by atoms with E-state index < -0.39 is 0 Å². The molecule has 2 N–H and O–H groups in total. The largest absolute Gasteiger partial charge is 0.330 e. The summed E-state index contributed by atoms with van der Waals surface area (Å²) in [5, 5.41) is 0. The zero-order valence-corrected chi connectivity index (χ0v) is 12.3. The summed E-state index contributed by atoms with van der Waals surface area (Å²) in [4.78, 5) is 2.24. The quantitative estimate of drug-likeness (QED) is 0.917. The molecule has 1 heterocycles. The molecule has 1 aliphatic rings. The van der Waals surface area contributed by atoms with Crippen LogP contribution >= 0.6 is 0 Å². The Kier molecular flexibility index (Phi) is 5.11. The fourth-order valence-corrected chi connectivity index (χ4v) is 3.04. The summed E-state index contributed by atoms with van der Waals surface area (Å²) in [6, 6.07) is 2.56. The number of halogens is 2. The van der Waals surface area contributed by atoms with E-state index >= 15 is 0 Å². The van der Waals surface area contributed by atoms with Crippen molar-refractivity contribution in [3.05, 3.63) is 34.9 Å². The number of nitrogens with zero attached hydrogens (tertiary/aromatic N) is 1. The number of benzene rings is 1. The monoisotopic (exact) mass is 282 g/mol. The molecule has 1 fully saturated rings. The first kappa shape index (κ1) is 15.4. The van der Waals surface area contributed by atoms with E-state index in [1.54, 1.807) is 6.92 Å². The maximum atomic E-state index is 14.0. The summed E-state index contributed by atoms with van der Waals surface area (Å²) < 4.78 is 27.7. The van der Waals surface area contributed by atoms with Crippen LogP contribution in [0.15, 0.2) is 12.1 Å². The highest BCUT2D eigenvalue weighted by Crippen LogP contribution is 2.30. The Hall–Kier alpha value is -1.00. The van der Waals surface area contributed by atoms with Crippen molar-refractivity contribution in [2.24, 2.45) is 11.7 Å². The number of likely N-dealkylation sites (tertiary alicyclic amines) is 1. The zero-order valence-electron chi connectivity index (χ0n) is 12.3. The number of rotatable bonds is 4. The van der Waals surface area contributed by atoms with E-state index in [4.69, 9.17) is 5.73 Å². The summed E-state index contributed by atoms with van der Waals surface area (Å²) in [6.45, 7) is 6.14. The van der Waals surface area contributed by atoms with Crippen LogP contribution < -0.4 is 5.73 Å². The van der Waals surface area contributed by atoms with Crippen LogP contribution in [0.2, 0.25) is 0 Å². The average Bonchev–Trinajstić information content (AvgIpc) is 2.43. The average molecular weight is 282 g/mol. The molecule has 0 aliphatic carbocycles. The molecule has 2 rings (SSSR count). The first-order chi connectivity index (χ1) is 9.52. The number of hydrogen-bond acceptors (Lipinski definition) is 2. The minimum absolute atomic E-state index is 0.0797. The Labute approximate surface area is 120 Å². The van der Waals surface area contributed by atoms with Crippen molar-refractivity contribution in [2.75, 3.05) is 19.6 Å². The molecule has 4 heteroatoms. The van der Waals surface area contributed by atoms with Gasteiger partial charge in [0.15, 0.2) is 0 Å². The molecule has 1 atom stereocenters. The third kappa shape index (κ3) is 3.36. The summed E-state index contributed by atoms with van der Waals surface area (Å²) in [6.07, 6.45) is 3.25. The molecule has 1 saturated heterocycles. The van der Waals surface area contributed by atoms with Crippen LogP contribution in [-0.2, 0) is 0 Å². The third-order valence-corrected chi connectivity index (χ3v) is 4.50. The van der Waals surface area contributed by atoms with Crippen molar-refractivity contribution in [3.8, 4) is 0 Å². The lowest BCUT2D eigenvalue weighted by Crippen LogP contribution is -2.36. The van der Waals surface area contributed by atoms with Crippen molar-refractivity contribution in [3.63, 3.8) is 0 Å². The molecule has 1 aliphatic heterocycles. The van der Waals surface area contributed by atoms with Crippen LogP contribution in [0.3, 0.4) is 0 Å². The van der Waals surface area contributed by atoms with Gasteiger partial charge in [-0.05, 0) is 76.4 Å². The van der Waals surface area contributed by atoms with E-state index in [9.17, 15) is 8.78 Å². The maximum absolute atomic E-state index is 14.0.